The normalized spacial score (nSPS) is 24.9. The molecule has 1 N–H and O–H groups in total. The Hall–Kier alpha value is -1.06. The van der Waals surface area contributed by atoms with Crippen LogP contribution in [0.5, 0.6) is 0 Å². The molecule has 1 heterocycles. The van der Waals surface area contributed by atoms with Crippen molar-refractivity contribution in [2.24, 2.45) is 0 Å². The lowest BCUT2D eigenvalue weighted by Gasteiger charge is -2.45. The summed E-state index contributed by atoms with van der Waals surface area (Å²) in [5.41, 5.74) is -0.775. The third-order valence-corrected chi connectivity index (χ3v) is 3.68. The van der Waals surface area contributed by atoms with Crippen LogP contribution in [0.4, 0.5) is 0 Å². The van der Waals surface area contributed by atoms with Crippen LogP contribution in [0.3, 0.4) is 0 Å². The van der Waals surface area contributed by atoms with Gasteiger partial charge in [0.15, 0.2) is 0 Å². The second-order valence-corrected chi connectivity index (χ2v) is 5.74. The molecule has 1 rings (SSSR count). The molecule has 2 unspecified atom stereocenters. The standard InChI is InChI=1S/C14H26N2O2/c1-6-8-9-10(3)16-11(7-2)12(17)15-14(4,5)13(16)18/h10-11H,6-9H2,1-5H3,(H,15,17). The van der Waals surface area contributed by atoms with Crippen LogP contribution in [0.15, 0.2) is 0 Å². The summed E-state index contributed by atoms with van der Waals surface area (Å²) in [5, 5.41) is 2.82. The van der Waals surface area contributed by atoms with E-state index in [-0.39, 0.29) is 23.9 Å². The van der Waals surface area contributed by atoms with E-state index in [1.54, 1.807) is 18.7 Å². The topological polar surface area (TPSA) is 49.4 Å². The fourth-order valence-electron chi connectivity index (χ4n) is 2.56. The van der Waals surface area contributed by atoms with Crippen molar-refractivity contribution in [1.82, 2.24) is 10.2 Å². The van der Waals surface area contributed by atoms with Gasteiger partial charge in [0.05, 0.1) is 0 Å². The van der Waals surface area contributed by atoms with E-state index in [0.717, 1.165) is 19.3 Å². The van der Waals surface area contributed by atoms with Crippen molar-refractivity contribution >= 4 is 11.8 Å². The van der Waals surface area contributed by atoms with Gasteiger partial charge in [0.1, 0.15) is 11.6 Å². The zero-order chi connectivity index (χ0) is 13.9. The first-order valence-electron chi connectivity index (χ1n) is 6.99. The summed E-state index contributed by atoms with van der Waals surface area (Å²) in [4.78, 5) is 26.3. The minimum absolute atomic E-state index is 0.0227. The van der Waals surface area contributed by atoms with Gasteiger partial charge >= 0.3 is 0 Å². The van der Waals surface area contributed by atoms with Gasteiger partial charge in [0, 0.05) is 6.04 Å². The largest absolute Gasteiger partial charge is 0.340 e. The maximum atomic E-state index is 12.5. The van der Waals surface area contributed by atoms with Crippen molar-refractivity contribution in [3.63, 3.8) is 0 Å². The molecule has 1 fully saturated rings. The summed E-state index contributed by atoms with van der Waals surface area (Å²) in [7, 11) is 0. The van der Waals surface area contributed by atoms with Crippen LogP contribution in [-0.4, -0.2) is 34.3 Å². The Balaban J connectivity index is 2.93. The van der Waals surface area contributed by atoms with Gasteiger partial charge in [-0.1, -0.05) is 26.7 Å². The second kappa shape index (κ2) is 5.72. The molecule has 1 saturated heterocycles. The highest BCUT2D eigenvalue weighted by Crippen LogP contribution is 2.24. The molecule has 2 amide bonds. The number of unbranched alkanes of at least 4 members (excludes halogenated alkanes) is 1. The molecule has 1 aliphatic rings. The maximum Gasteiger partial charge on any atom is 0.248 e. The molecule has 4 nitrogen and oxygen atoms in total. The Kier molecular flexibility index (Phi) is 4.77. The number of piperazine rings is 1. The van der Waals surface area contributed by atoms with Gasteiger partial charge < -0.3 is 10.2 Å². The molecule has 0 aromatic heterocycles. The minimum atomic E-state index is -0.775. The smallest absolute Gasteiger partial charge is 0.248 e. The third-order valence-electron chi connectivity index (χ3n) is 3.68. The molecule has 0 bridgehead atoms. The van der Waals surface area contributed by atoms with Crippen molar-refractivity contribution in [1.29, 1.82) is 0 Å². The van der Waals surface area contributed by atoms with Gasteiger partial charge in [-0.3, -0.25) is 9.59 Å². The summed E-state index contributed by atoms with van der Waals surface area (Å²) >= 11 is 0. The molecular weight excluding hydrogens is 228 g/mol. The molecule has 0 saturated carbocycles. The molecule has 18 heavy (non-hydrogen) atoms. The van der Waals surface area contributed by atoms with Crippen molar-refractivity contribution < 1.29 is 9.59 Å². The second-order valence-electron chi connectivity index (χ2n) is 5.74. The number of nitrogens with one attached hydrogen (secondary N) is 1. The number of rotatable bonds is 5. The van der Waals surface area contributed by atoms with Gasteiger partial charge in [0.2, 0.25) is 11.8 Å². The van der Waals surface area contributed by atoms with Crippen LogP contribution >= 0.6 is 0 Å². The van der Waals surface area contributed by atoms with Gasteiger partial charge in [0.25, 0.3) is 0 Å². The average Bonchev–Trinajstić information content (AvgIpc) is 2.29. The number of carbonyl (C=O) groups is 2. The van der Waals surface area contributed by atoms with Crippen LogP contribution in [0.2, 0.25) is 0 Å². The molecule has 4 heteroatoms. The van der Waals surface area contributed by atoms with E-state index in [0.29, 0.717) is 6.42 Å². The highest BCUT2D eigenvalue weighted by Gasteiger charge is 2.45. The first-order chi connectivity index (χ1) is 8.35. The predicted molar refractivity (Wildman–Crippen MR) is 72.1 cm³/mol. The molecule has 1 aliphatic heterocycles. The zero-order valence-corrected chi connectivity index (χ0v) is 12.2. The lowest BCUT2D eigenvalue weighted by Crippen LogP contribution is -2.69. The van der Waals surface area contributed by atoms with Crippen LogP contribution in [0, 0.1) is 0 Å². The van der Waals surface area contributed by atoms with E-state index in [9.17, 15) is 9.59 Å². The molecular formula is C14H26N2O2. The number of amides is 2. The molecule has 0 spiro atoms. The molecule has 0 aromatic rings. The van der Waals surface area contributed by atoms with Crippen LogP contribution in [0.25, 0.3) is 0 Å². The monoisotopic (exact) mass is 254 g/mol. The minimum Gasteiger partial charge on any atom is -0.340 e. The van der Waals surface area contributed by atoms with E-state index < -0.39 is 5.54 Å². The summed E-state index contributed by atoms with van der Waals surface area (Å²) in [5.74, 6) is 0.0167. The van der Waals surface area contributed by atoms with Gasteiger partial charge in [-0.05, 0) is 33.6 Å². The van der Waals surface area contributed by atoms with E-state index in [2.05, 4.69) is 12.2 Å². The first-order valence-corrected chi connectivity index (χ1v) is 6.99. The lowest BCUT2D eigenvalue weighted by atomic mass is 9.93. The van der Waals surface area contributed by atoms with Crippen molar-refractivity contribution in [2.75, 3.05) is 0 Å². The van der Waals surface area contributed by atoms with Crippen LogP contribution in [-0.2, 0) is 9.59 Å². The molecule has 0 aromatic carbocycles. The van der Waals surface area contributed by atoms with E-state index in [1.807, 2.05) is 13.8 Å². The Labute approximate surface area is 110 Å². The fraction of sp³-hybridized carbons (Fsp3) is 0.857. The highest BCUT2D eigenvalue weighted by molar-refractivity contribution is 5.99. The van der Waals surface area contributed by atoms with Crippen molar-refractivity contribution in [3.8, 4) is 0 Å². The van der Waals surface area contributed by atoms with Crippen molar-refractivity contribution in [3.05, 3.63) is 0 Å². The third kappa shape index (κ3) is 2.85. The highest BCUT2D eigenvalue weighted by atomic mass is 16.2. The Morgan fingerprint density at radius 1 is 1.33 bits per heavy atom. The quantitative estimate of drug-likeness (QED) is 0.816. The number of hydrogen-bond acceptors (Lipinski definition) is 2. The van der Waals surface area contributed by atoms with Gasteiger partial charge in [-0.25, -0.2) is 0 Å². The molecule has 0 aliphatic carbocycles. The molecule has 104 valence electrons. The number of carbonyl (C=O) groups excluding carboxylic acids is 2. The zero-order valence-electron chi connectivity index (χ0n) is 12.2. The SMILES string of the molecule is CCCCC(C)N1C(=O)C(C)(C)NC(=O)C1CC. The average molecular weight is 254 g/mol. The number of nitrogens with zero attached hydrogens (tertiary/aromatic N) is 1. The fourth-order valence-corrected chi connectivity index (χ4v) is 2.56. The van der Waals surface area contributed by atoms with Crippen molar-refractivity contribution in [2.45, 2.75) is 77.9 Å². The van der Waals surface area contributed by atoms with E-state index >= 15 is 0 Å². The summed E-state index contributed by atoms with van der Waals surface area (Å²) < 4.78 is 0. The van der Waals surface area contributed by atoms with Crippen LogP contribution in [0.1, 0.15) is 60.3 Å². The van der Waals surface area contributed by atoms with Gasteiger partial charge in [-0.2, -0.15) is 0 Å². The molecule has 0 radical (unpaired) electrons. The van der Waals surface area contributed by atoms with Gasteiger partial charge in [-0.15, -0.1) is 0 Å². The first kappa shape index (κ1) is 15.0. The van der Waals surface area contributed by atoms with Crippen LogP contribution < -0.4 is 5.32 Å². The van der Waals surface area contributed by atoms with E-state index in [4.69, 9.17) is 0 Å². The summed E-state index contributed by atoms with van der Waals surface area (Å²) in [6.45, 7) is 9.69. The summed E-state index contributed by atoms with van der Waals surface area (Å²) in [6.07, 6.45) is 3.83. The summed E-state index contributed by atoms with van der Waals surface area (Å²) in [6, 6.07) is -0.176. The predicted octanol–water partition coefficient (Wildman–Crippen LogP) is 2.08. The lowest BCUT2D eigenvalue weighted by molar-refractivity contribution is -0.156. The Morgan fingerprint density at radius 2 is 1.94 bits per heavy atom. The molecule has 2 atom stereocenters. The Morgan fingerprint density at radius 3 is 2.44 bits per heavy atom. The number of hydrogen-bond donors (Lipinski definition) is 1. The van der Waals surface area contributed by atoms with E-state index in [1.165, 1.54) is 0 Å². The maximum absolute atomic E-state index is 12.5. The Bertz CT molecular complexity index is 326.